The lowest BCUT2D eigenvalue weighted by Crippen LogP contribution is -2.49. The monoisotopic (exact) mass is 370 g/mol. The number of likely N-dealkylation sites (tertiary alicyclic amines) is 1. The van der Waals surface area contributed by atoms with E-state index in [4.69, 9.17) is 4.74 Å². The summed E-state index contributed by atoms with van der Waals surface area (Å²) in [6.45, 7) is 6.04. The summed E-state index contributed by atoms with van der Waals surface area (Å²) < 4.78 is 5.79. The Balaban J connectivity index is 1.41. The van der Waals surface area contributed by atoms with Crippen molar-refractivity contribution in [3.05, 3.63) is 30.1 Å². The van der Waals surface area contributed by atoms with Gasteiger partial charge in [-0.25, -0.2) is 9.78 Å². The number of ether oxygens (including phenoxy) is 1. The number of hydrogen-bond donors (Lipinski definition) is 1. The highest BCUT2D eigenvalue weighted by atomic mass is 16.6. The Morgan fingerprint density at radius 3 is 2.89 bits per heavy atom. The Morgan fingerprint density at radius 1 is 1.37 bits per heavy atom. The number of piperidine rings is 1. The maximum Gasteiger partial charge on any atom is 0.410 e. The van der Waals surface area contributed by atoms with Crippen LogP contribution in [0.15, 0.2) is 24.5 Å². The molecule has 2 saturated heterocycles. The molecule has 1 atom stereocenters. The van der Waals surface area contributed by atoms with Crippen LogP contribution in [0.25, 0.3) is 11.0 Å². The lowest BCUT2D eigenvalue weighted by Gasteiger charge is -2.37. The number of rotatable bonds is 4. The quantitative estimate of drug-likeness (QED) is 0.897. The average Bonchev–Trinajstić information content (AvgIpc) is 3.26. The molecule has 4 rings (SSSR count). The molecule has 0 radical (unpaired) electrons. The molecule has 27 heavy (non-hydrogen) atoms. The summed E-state index contributed by atoms with van der Waals surface area (Å²) in [5.74, 6) is 0.0156. The zero-order valence-electron chi connectivity index (χ0n) is 15.9. The van der Waals surface area contributed by atoms with E-state index in [1.807, 2.05) is 28.0 Å². The van der Waals surface area contributed by atoms with Gasteiger partial charge in [0.05, 0.1) is 23.9 Å². The third-order valence-electron chi connectivity index (χ3n) is 5.86. The van der Waals surface area contributed by atoms with Crippen LogP contribution in [-0.4, -0.2) is 63.0 Å². The molecule has 0 unspecified atom stereocenters. The molecule has 7 nitrogen and oxygen atoms in total. The first-order valence-corrected chi connectivity index (χ1v) is 9.73. The van der Waals surface area contributed by atoms with Gasteiger partial charge in [0, 0.05) is 37.5 Å². The van der Waals surface area contributed by atoms with E-state index in [-0.39, 0.29) is 18.0 Å². The molecule has 2 aliphatic heterocycles. The highest BCUT2D eigenvalue weighted by Gasteiger charge is 2.48. The predicted molar refractivity (Wildman–Crippen MR) is 102 cm³/mol. The minimum atomic E-state index is -0.441. The Labute approximate surface area is 158 Å². The minimum absolute atomic E-state index is 0.0156. The fourth-order valence-electron chi connectivity index (χ4n) is 4.19. The lowest BCUT2D eigenvalue weighted by molar-refractivity contribution is 0.00307. The largest absolute Gasteiger partial charge is 0.441 e. The molecule has 2 amide bonds. The van der Waals surface area contributed by atoms with Crippen LogP contribution in [0.3, 0.4) is 0 Å². The fraction of sp³-hybridized carbons (Fsp3) is 0.550. The van der Waals surface area contributed by atoms with Gasteiger partial charge in [0.15, 0.2) is 0 Å². The molecule has 0 saturated carbocycles. The number of carbonyl (C=O) groups is 2. The van der Waals surface area contributed by atoms with Crippen LogP contribution in [0.2, 0.25) is 0 Å². The molecule has 0 bridgehead atoms. The van der Waals surface area contributed by atoms with Crippen molar-refractivity contribution in [2.75, 3.05) is 19.6 Å². The topological polar surface area (TPSA) is 78.5 Å². The van der Waals surface area contributed by atoms with E-state index in [9.17, 15) is 9.59 Å². The van der Waals surface area contributed by atoms with E-state index in [1.165, 1.54) is 0 Å². The number of aromatic amines is 1. The van der Waals surface area contributed by atoms with Crippen molar-refractivity contribution in [1.82, 2.24) is 19.8 Å². The molecule has 2 aromatic rings. The Kier molecular flexibility index (Phi) is 4.53. The molecule has 1 spiro atoms. The molecule has 7 heteroatoms. The summed E-state index contributed by atoms with van der Waals surface area (Å²) in [5, 5.41) is 0. The summed E-state index contributed by atoms with van der Waals surface area (Å²) in [4.78, 5) is 36.1. The number of H-pyrrole nitrogens is 1. The fourth-order valence-corrected chi connectivity index (χ4v) is 4.19. The van der Waals surface area contributed by atoms with Crippen molar-refractivity contribution in [1.29, 1.82) is 0 Å². The van der Waals surface area contributed by atoms with Crippen LogP contribution >= 0.6 is 0 Å². The highest BCUT2D eigenvalue weighted by molar-refractivity contribution is 5.97. The number of benzene rings is 1. The molecule has 0 aliphatic carbocycles. The van der Waals surface area contributed by atoms with Gasteiger partial charge < -0.3 is 19.5 Å². The molecule has 2 aliphatic rings. The van der Waals surface area contributed by atoms with Crippen molar-refractivity contribution in [2.45, 2.75) is 51.2 Å². The number of hydrogen-bond acceptors (Lipinski definition) is 4. The zero-order valence-corrected chi connectivity index (χ0v) is 15.9. The van der Waals surface area contributed by atoms with Gasteiger partial charge in [0.2, 0.25) is 0 Å². The summed E-state index contributed by atoms with van der Waals surface area (Å²) in [6.07, 6.45) is 4.81. The van der Waals surface area contributed by atoms with Gasteiger partial charge >= 0.3 is 6.09 Å². The zero-order chi connectivity index (χ0) is 19.0. The van der Waals surface area contributed by atoms with Crippen LogP contribution in [0.4, 0.5) is 4.79 Å². The third-order valence-corrected chi connectivity index (χ3v) is 5.86. The van der Waals surface area contributed by atoms with Crippen molar-refractivity contribution >= 4 is 23.0 Å². The molecular weight excluding hydrogens is 344 g/mol. The van der Waals surface area contributed by atoms with Gasteiger partial charge in [-0.15, -0.1) is 0 Å². The van der Waals surface area contributed by atoms with E-state index in [0.717, 1.165) is 23.9 Å². The van der Waals surface area contributed by atoms with Crippen molar-refractivity contribution in [3.63, 3.8) is 0 Å². The van der Waals surface area contributed by atoms with Gasteiger partial charge in [-0.3, -0.25) is 4.79 Å². The second-order valence-corrected chi connectivity index (χ2v) is 7.74. The number of amides is 2. The van der Waals surface area contributed by atoms with Gasteiger partial charge in [-0.1, -0.05) is 13.3 Å². The van der Waals surface area contributed by atoms with Gasteiger partial charge in [-0.2, -0.15) is 0 Å². The number of fused-ring (bicyclic) bond motifs is 1. The molecule has 1 aromatic carbocycles. The highest BCUT2D eigenvalue weighted by Crippen LogP contribution is 2.35. The average molecular weight is 370 g/mol. The second kappa shape index (κ2) is 6.87. The van der Waals surface area contributed by atoms with E-state index in [2.05, 4.69) is 23.8 Å². The van der Waals surface area contributed by atoms with Crippen LogP contribution in [0.5, 0.6) is 0 Å². The first kappa shape index (κ1) is 17.8. The summed E-state index contributed by atoms with van der Waals surface area (Å²) >= 11 is 0. The molecule has 1 aromatic heterocycles. The number of nitrogens with zero attached hydrogens (tertiary/aromatic N) is 3. The van der Waals surface area contributed by atoms with E-state index in [0.29, 0.717) is 38.0 Å². The summed E-state index contributed by atoms with van der Waals surface area (Å²) in [7, 11) is 0. The first-order chi connectivity index (χ1) is 13.0. The molecular formula is C20H26N4O3. The number of carbonyl (C=O) groups excluding carboxylic acids is 2. The minimum Gasteiger partial charge on any atom is -0.441 e. The van der Waals surface area contributed by atoms with Crippen LogP contribution < -0.4 is 0 Å². The number of imidazole rings is 1. The number of nitrogens with one attached hydrogen (secondary N) is 1. The van der Waals surface area contributed by atoms with Gasteiger partial charge in [0.1, 0.15) is 5.60 Å². The van der Waals surface area contributed by atoms with Crippen LogP contribution in [0.1, 0.15) is 49.9 Å². The lowest BCUT2D eigenvalue weighted by atomic mass is 9.90. The normalized spacial score (nSPS) is 20.3. The van der Waals surface area contributed by atoms with Crippen molar-refractivity contribution in [2.24, 2.45) is 0 Å². The van der Waals surface area contributed by atoms with Gasteiger partial charge in [-0.05, 0) is 31.5 Å². The maximum absolute atomic E-state index is 12.9. The first-order valence-electron chi connectivity index (χ1n) is 9.73. The maximum atomic E-state index is 12.9. The van der Waals surface area contributed by atoms with E-state index in [1.54, 1.807) is 6.33 Å². The molecule has 3 heterocycles. The second-order valence-electron chi connectivity index (χ2n) is 7.74. The Bertz CT molecular complexity index is 854. The Hall–Kier alpha value is -2.57. The predicted octanol–water partition coefficient (Wildman–Crippen LogP) is 3.18. The van der Waals surface area contributed by atoms with Gasteiger partial charge in [0.25, 0.3) is 5.91 Å². The Morgan fingerprint density at radius 2 is 2.15 bits per heavy atom. The van der Waals surface area contributed by atoms with E-state index >= 15 is 0 Å². The standard InChI is InChI=1S/C20H26N4O3/c1-3-4-14(2)24-12-20(27-19(24)26)7-9-23(10-8-20)18(25)15-5-6-16-17(11-15)22-13-21-16/h5-6,11,13-14H,3-4,7-10,12H2,1-2H3,(H,21,22)/t14-/m1/s1. The van der Waals surface area contributed by atoms with Crippen LogP contribution in [-0.2, 0) is 4.74 Å². The molecule has 2 fully saturated rings. The number of aromatic nitrogens is 2. The molecule has 144 valence electrons. The van der Waals surface area contributed by atoms with Crippen molar-refractivity contribution in [3.8, 4) is 0 Å². The van der Waals surface area contributed by atoms with E-state index < -0.39 is 5.60 Å². The third kappa shape index (κ3) is 3.26. The van der Waals surface area contributed by atoms with Crippen LogP contribution in [0, 0.1) is 0 Å². The summed E-state index contributed by atoms with van der Waals surface area (Å²) in [6, 6.07) is 5.72. The molecule has 1 N–H and O–H groups in total. The summed E-state index contributed by atoms with van der Waals surface area (Å²) in [5.41, 5.74) is 1.93. The smallest absolute Gasteiger partial charge is 0.410 e. The van der Waals surface area contributed by atoms with Crippen molar-refractivity contribution < 1.29 is 14.3 Å². The SMILES string of the molecule is CCC[C@@H](C)N1CC2(CCN(C(=O)c3ccc4nc[nH]c4c3)CC2)OC1=O.